The molecule has 3 nitrogen and oxygen atoms in total. The first-order valence-corrected chi connectivity index (χ1v) is 4.91. The second kappa shape index (κ2) is 6.40. The van der Waals surface area contributed by atoms with E-state index < -0.39 is 0 Å². The molecule has 0 unspecified atom stereocenters. The topological polar surface area (TPSA) is 43.4 Å². The van der Waals surface area contributed by atoms with Gasteiger partial charge in [0.1, 0.15) is 6.61 Å². The molecule has 0 atom stereocenters. The van der Waals surface area contributed by atoms with Gasteiger partial charge in [0, 0.05) is 17.5 Å². The lowest BCUT2D eigenvalue weighted by Gasteiger charge is -2.03. The van der Waals surface area contributed by atoms with Crippen LogP contribution in [0.1, 0.15) is 27.7 Å². The van der Waals surface area contributed by atoms with Gasteiger partial charge in [-0.25, -0.2) is 0 Å². The number of esters is 1. The number of ketones is 1. The molecule has 0 rings (SSSR count). The van der Waals surface area contributed by atoms with Crippen molar-refractivity contribution in [3.05, 3.63) is 22.3 Å². The monoisotopic (exact) mass is 230 g/mol. The summed E-state index contributed by atoms with van der Waals surface area (Å²) in [5.41, 5.74) is 1.24. The number of Topliss-reactive ketones (excluding diaryl/α,β-unsaturated/α-hetero) is 1. The highest BCUT2D eigenvalue weighted by Gasteiger charge is 2.05. The molecule has 15 heavy (non-hydrogen) atoms. The molecule has 0 saturated carbocycles. The van der Waals surface area contributed by atoms with Gasteiger partial charge in [-0.2, -0.15) is 0 Å². The van der Waals surface area contributed by atoms with Crippen molar-refractivity contribution < 1.29 is 14.3 Å². The van der Waals surface area contributed by atoms with Crippen molar-refractivity contribution in [2.24, 2.45) is 0 Å². The van der Waals surface area contributed by atoms with E-state index >= 15 is 0 Å². The number of carbonyl (C=O) groups is 2. The lowest BCUT2D eigenvalue weighted by atomic mass is 10.1. The molecule has 84 valence electrons. The Labute approximate surface area is 94.7 Å². The van der Waals surface area contributed by atoms with Gasteiger partial charge >= 0.3 is 5.97 Å². The maximum Gasteiger partial charge on any atom is 0.302 e. The van der Waals surface area contributed by atoms with E-state index in [0.717, 1.165) is 5.57 Å². The molecule has 0 fully saturated rings. The Kier molecular flexibility index (Phi) is 5.94. The normalized spacial score (nSPS) is 13.3. The second-order valence-corrected chi connectivity index (χ2v) is 3.56. The van der Waals surface area contributed by atoms with Crippen LogP contribution in [0.4, 0.5) is 0 Å². The van der Waals surface area contributed by atoms with Crippen LogP contribution in [0.3, 0.4) is 0 Å². The first-order chi connectivity index (χ1) is 6.86. The largest absolute Gasteiger partial charge is 0.462 e. The Bertz CT molecular complexity index is 327. The number of hydrogen-bond acceptors (Lipinski definition) is 3. The fourth-order valence-electron chi connectivity index (χ4n) is 0.824. The molecule has 0 spiro atoms. The summed E-state index contributed by atoms with van der Waals surface area (Å²) in [4.78, 5) is 21.5. The molecule has 0 aliphatic heterocycles. The first-order valence-electron chi connectivity index (χ1n) is 4.54. The molecule has 0 aromatic carbocycles. The Hall–Kier alpha value is -1.09. The Morgan fingerprint density at radius 2 is 1.73 bits per heavy atom. The van der Waals surface area contributed by atoms with Gasteiger partial charge in [-0.15, -0.1) is 0 Å². The standard InChI is InChI=1S/C11H15ClO3/c1-7(5-6-15-10(4)14)11(12)8(2)9(3)13/h5H,6H2,1-4H3/b7-5+,11-8-. The molecule has 0 amide bonds. The van der Waals surface area contributed by atoms with E-state index in [0.29, 0.717) is 10.6 Å². The molecule has 0 aliphatic carbocycles. The third kappa shape index (κ3) is 5.37. The fourth-order valence-corrected chi connectivity index (χ4v) is 1.03. The summed E-state index contributed by atoms with van der Waals surface area (Å²) in [5.74, 6) is -0.414. The third-order valence-corrected chi connectivity index (χ3v) is 2.46. The summed E-state index contributed by atoms with van der Waals surface area (Å²) in [7, 11) is 0. The van der Waals surface area contributed by atoms with Gasteiger partial charge in [0.05, 0.1) is 0 Å². The summed E-state index contributed by atoms with van der Waals surface area (Å²) >= 11 is 5.94. The van der Waals surface area contributed by atoms with Gasteiger partial charge in [-0.05, 0) is 32.4 Å². The molecule has 0 radical (unpaired) electrons. The Balaban J connectivity index is 4.56. The Morgan fingerprint density at radius 3 is 2.13 bits per heavy atom. The van der Waals surface area contributed by atoms with Crippen LogP contribution in [0.2, 0.25) is 0 Å². The maximum absolute atomic E-state index is 11.0. The van der Waals surface area contributed by atoms with Crippen LogP contribution in [-0.2, 0) is 14.3 Å². The lowest BCUT2D eigenvalue weighted by molar-refractivity contribution is -0.139. The average molecular weight is 231 g/mol. The van der Waals surface area contributed by atoms with Crippen molar-refractivity contribution >= 4 is 23.4 Å². The van der Waals surface area contributed by atoms with Crippen LogP contribution in [0.25, 0.3) is 0 Å². The highest BCUT2D eigenvalue weighted by molar-refractivity contribution is 6.34. The van der Waals surface area contributed by atoms with Gasteiger partial charge in [0.15, 0.2) is 5.78 Å². The first kappa shape index (κ1) is 13.9. The van der Waals surface area contributed by atoms with Crippen LogP contribution in [0.15, 0.2) is 22.3 Å². The van der Waals surface area contributed by atoms with Gasteiger partial charge in [-0.1, -0.05) is 11.6 Å². The number of hydrogen-bond donors (Lipinski definition) is 0. The van der Waals surface area contributed by atoms with Crippen molar-refractivity contribution in [3.8, 4) is 0 Å². The van der Waals surface area contributed by atoms with Crippen LogP contribution < -0.4 is 0 Å². The third-order valence-electron chi connectivity index (χ3n) is 1.88. The van der Waals surface area contributed by atoms with Crippen molar-refractivity contribution in [2.75, 3.05) is 6.61 Å². The molecular weight excluding hydrogens is 216 g/mol. The minimum atomic E-state index is -0.345. The summed E-state index contributed by atoms with van der Waals surface area (Å²) < 4.78 is 4.72. The highest BCUT2D eigenvalue weighted by atomic mass is 35.5. The molecule has 0 N–H and O–H groups in total. The number of halogens is 1. The number of carbonyl (C=O) groups excluding carboxylic acids is 2. The average Bonchev–Trinajstić information content (AvgIpc) is 2.14. The van der Waals surface area contributed by atoms with E-state index in [9.17, 15) is 9.59 Å². The van der Waals surface area contributed by atoms with E-state index in [2.05, 4.69) is 0 Å². The molecule has 0 heterocycles. The zero-order chi connectivity index (χ0) is 12.0. The second-order valence-electron chi connectivity index (χ2n) is 3.18. The summed E-state index contributed by atoms with van der Waals surface area (Å²) in [6, 6.07) is 0. The number of ether oxygens (including phenoxy) is 1. The van der Waals surface area contributed by atoms with Gasteiger partial charge in [0.25, 0.3) is 0 Å². The van der Waals surface area contributed by atoms with E-state index in [4.69, 9.17) is 16.3 Å². The smallest absolute Gasteiger partial charge is 0.302 e. The van der Waals surface area contributed by atoms with Gasteiger partial charge < -0.3 is 4.74 Å². The molecule has 0 aliphatic rings. The summed E-state index contributed by atoms with van der Waals surface area (Å²) in [6.07, 6.45) is 1.66. The minimum absolute atomic E-state index is 0.0692. The Morgan fingerprint density at radius 1 is 1.20 bits per heavy atom. The fraction of sp³-hybridized carbons (Fsp3) is 0.455. The van der Waals surface area contributed by atoms with E-state index in [-0.39, 0.29) is 18.4 Å². The molecular formula is C11H15ClO3. The number of rotatable bonds is 4. The molecule has 0 saturated heterocycles. The highest BCUT2D eigenvalue weighted by Crippen LogP contribution is 2.19. The molecule has 4 heteroatoms. The summed E-state index contributed by atoms with van der Waals surface area (Å²) in [6.45, 7) is 6.38. The van der Waals surface area contributed by atoms with Crippen molar-refractivity contribution in [1.82, 2.24) is 0 Å². The van der Waals surface area contributed by atoms with E-state index in [1.807, 2.05) is 0 Å². The van der Waals surface area contributed by atoms with Crippen LogP contribution in [0, 0.1) is 0 Å². The molecule has 0 aromatic rings. The molecule has 0 aromatic heterocycles. The van der Waals surface area contributed by atoms with Gasteiger partial charge in [-0.3, -0.25) is 9.59 Å². The predicted octanol–water partition coefficient (Wildman–Crippen LogP) is 2.60. The number of allylic oxidation sites excluding steroid dienone is 3. The van der Waals surface area contributed by atoms with Gasteiger partial charge in [0.2, 0.25) is 0 Å². The van der Waals surface area contributed by atoms with E-state index in [1.54, 1.807) is 19.9 Å². The maximum atomic E-state index is 11.0. The zero-order valence-corrected chi connectivity index (χ0v) is 10.1. The summed E-state index contributed by atoms with van der Waals surface area (Å²) in [5, 5.41) is 0.412. The quantitative estimate of drug-likeness (QED) is 0.424. The zero-order valence-electron chi connectivity index (χ0n) is 9.39. The van der Waals surface area contributed by atoms with Crippen LogP contribution in [-0.4, -0.2) is 18.4 Å². The predicted molar refractivity (Wildman–Crippen MR) is 59.6 cm³/mol. The van der Waals surface area contributed by atoms with Crippen LogP contribution in [0.5, 0.6) is 0 Å². The van der Waals surface area contributed by atoms with Crippen molar-refractivity contribution in [2.45, 2.75) is 27.7 Å². The molecule has 0 bridgehead atoms. The SMILES string of the molecule is CC(=O)OC/C=C(C)/C(Cl)=C(\C)C(C)=O. The lowest BCUT2D eigenvalue weighted by Crippen LogP contribution is -2.00. The van der Waals surface area contributed by atoms with Crippen LogP contribution >= 0.6 is 11.6 Å². The van der Waals surface area contributed by atoms with E-state index in [1.165, 1.54) is 13.8 Å². The minimum Gasteiger partial charge on any atom is -0.462 e. The van der Waals surface area contributed by atoms with Crippen molar-refractivity contribution in [1.29, 1.82) is 0 Å². The van der Waals surface area contributed by atoms with Crippen molar-refractivity contribution in [3.63, 3.8) is 0 Å².